The Labute approximate surface area is 142 Å². The average molecular weight is 351 g/mol. The summed E-state index contributed by atoms with van der Waals surface area (Å²) >= 11 is 0. The molecule has 1 aliphatic heterocycles. The summed E-state index contributed by atoms with van der Waals surface area (Å²) < 4.78 is 49.1. The molecule has 3 rings (SSSR count). The summed E-state index contributed by atoms with van der Waals surface area (Å²) in [4.78, 5) is 13.8. The molecule has 0 fully saturated rings. The highest BCUT2D eigenvalue weighted by molar-refractivity contribution is 5.94. The van der Waals surface area contributed by atoms with Crippen molar-refractivity contribution in [3.8, 4) is 11.5 Å². The molecule has 0 bridgehead atoms. The first-order valence-electron chi connectivity index (χ1n) is 7.66. The van der Waals surface area contributed by atoms with Crippen LogP contribution in [-0.2, 0) is 6.18 Å². The second kappa shape index (κ2) is 6.66. The molecule has 1 unspecified atom stereocenters. The lowest BCUT2D eigenvalue weighted by Gasteiger charge is -2.29. The summed E-state index contributed by atoms with van der Waals surface area (Å²) in [5.41, 5.74) is -0.597. The molecule has 7 heteroatoms. The highest BCUT2D eigenvalue weighted by Gasteiger charge is 2.30. The van der Waals surface area contributed by atoms with Crippen LogP contribution in [0, 0.1) is 0 Å². The number of carbonyl (C=O) groups is 1. The van der Waals surface area contributed by atoms with E-state index in [1.165, 1.54) is 17.0 Å². The number of hydrogen-bond acceptors (Lipinski definition) is 3. The van der Waals surface area contributed by atoms with Crippen LogP contribution < -0.4 is 9.47 Å². The number of ether oxygens (including phenoxy) is 2. The van der Waals surface area contributed by atoms with E-state index in [-0.39, 0.29) is 24.1 Å². The van der Waals surface area contributed by atoms with Crippen molar-refractivity contribution < 1.29 is 27.4 Å². The molecule has 2 aromatic rings. The maximum atomic E-state index is 12.6. The van der Waals surface area contributed by atoms with Crippen LogP contribution in [0.25, 0.3) is 0 Å². The molecule has 0 spiro atoms. The third-order valence-corrected chi connectivity index (χ3v) is 3.85. The van der Waals surface area contributed by atoms with Crippen molar-refractivity contribution in [2.24, 2.45) is 0 Å². The van der Waals surface area contributed by atoms with Crippen LogP contribution in [0.1, 0.15) is 15.9 Å². The van der Waals surface area contributed by atoms with Crippen LogP contribution in [0.15, 0.2) is 48.5 Å². The fraction of sp³-hybridized carbons (Fsp3) is 0.278. The monoisotopic (exact) mass is 351 g/mol. The van der Waals surface area contributed by atoms with Gasteiger partial charge in [-0.2, -0.15) is 13.2 Å². The molecule has 0 aliphatic carbocycles. The first-order chi connectivity index (χ1) is 11.8. The van der Waals surface area contributed by atoms with Gasteiger partial charge in [-0.05, 0) is 36.4 Å². The zero-order chi connectivity index (χ0) is 18.0. The quantitative estimate of drug-likeness (QED) is 0.848. The van der Waals surface area contributed by atoms with Crippen molar-refractivity contribution >= 4 is 5.91 Å². The van der Waals surface area contributed by atoms with Crippen molar-refractivity contribution in [3.05, 3.63) is 59.7 Å². The zero-order valence-electron chi connectivity index (χ0n) is 13.4. The molecule has 2 aromatic carbocycles. The van der Waals surface area contributed by atoms with Crippen LogP contribution in [0.4, 0.5) is 13.2 Å². The van der Waals surface area contributed by atoms with Gasteiger partial charge in [0.05, 0.1) is 12.1 Å². The number of benzene rings is 2. The van der Waals surface area contributed by atoms with Gasteiger partial charge in [0.1, 0.15) is 6.61 Å². The largest absolute Gasteiger partial charge is 0.486 e. The Morgan fingerprint density at radius 1 is 1.12 bits per heavy atom. The number of likely N-dealkylation sites (N-methyl/N-ethyl adjacent to an activating group) is 1. The maximum absolute atomic E-state index is 12.6. The molecular weight excluding hydrogens is 335 g/mol. The molecule has 1 heterocycles. The van der Waals surface area contributed by atoms with Crippen molar-refractivity contribution in [1.82, 2.24) is 4.90 Å². The molecule has 4 nitrogen and oxygen atoms in total. The van der Waals surface area contributed by atoms with Gasteiger partial charge in [-0.15, -0.1) is 0 Å². The molecular formula is C18H16F3NO3. The van der Waals surface area contributed by atoms with Gasteiger partial charge >= 0.3 is 6.18 Å². The van der Waals surface area contributed by atoms with Crippen LogP contribution in [0.5, 0.6) is 11.5 Å². The third kappa shape index (κ3) is 3.87. The van der Waals surface area contributed by atoms with Gasteiger partial charge in [0.15, 0.2) is 17.6 Å². The minimum absolute atomic E-state index is 0.188. The van der Waals surface area contributed by atoms with E-state index in [4.69, 9.17) is 9.47 Å². The predicted octanol–water partition coefficient (Wildman–Crippen LogP) is 3.62. The number of hydrogen-bond donors (Lipinski definition) is 0. The van der Waals surface area contributed by atoms with E-state index >= 15 is 0 Å². The van der Waals surface area contributed by atoms with E-state index in [1.54, 1.807) is 19.2 Å². The summed E-state index contributed by atoms with van der Waals surface area (Å²) in [6.45, 7) is 0.551. The zero-order valence-corrected chi connectivity index (χ0v) is 13.4. The van der Waals surface area contributed by atoms with E-state index in [2.05, 4.69) is 0 Å². The van der Waals surface area contributed by atoms with Gasteiger partial charge in [-0.3, -0.25) is 4.79 Å². The highest BCUT2D eigenvalue weighted by Crippen LogP contribution is 2.31. The van der Waals surface area contributed by atoms with Crippen LogP contribution in [-0.4, -0.2) is 37.1 Å². The lowest BCUT2D eigenvalue weighted by Crippen LogP contribution is -2.41. The number of halogens is 3. The fourth-order valence-electron chi connectivity index (χ4n) is 2.56. The molecule has 132 valence electrons. The molecule has 0 saturated heterocycles. The number of rotatable bonds is 3. The number of amides is 1. The van der Waals surface area contributed by atoms with Crippen molar-refractivity contribution in [2.75, 3.05) is 20.2 Å². The van der Waals surface area contributed by atoms with Crippen LogP contribution in [0.2, 0.25) is 0 Å². The molecule has 1 amide bonds. The summed E-state index contributed by atoms with van der Waals surface area (Å²) in [7, 11) is 1.57. The molecule has 0 aromatic heterocycles. The van der Waals surface area contributed by atoms with Crippen molar-refractivity contribution in [3.63, 3.8) is 0 Å². The number of nitrogens with zero attached hydrogens (tertiary/aromatic N) is 1. The number of alkyl halides is 3. The van der Waals surface area contributed by atoms with Gasteiger partial charge in [-0.25, -0.2) is 0 Å². The van der Waals surface area contributed by atoms with Gasteiger partial charge in [-0.1, -0.05) is 12.1 Å². The highest BCUT2D eigenvalue weighted by atomic mass is 19.4. The van der Waals surface area contributed by atoms with Crippen LogP contribution >= 0.6 is 0 Å². The van der Waals surface area contributed by atoms with E-state index in [0.717, 1.165) is 12.1 Å². The van der Waals surface area contributed by atoms with Crippen LogP contribution in [0.3, 0.4) is 0 Å². The van der Waals surface area contributed by atoms with E-state index in [1.807, 2.05) is 12.1 Å². The Kier molecular flexibility index (Phi) is 4.57. The molecule has 1 atom stereocenters. The smallest absolute Gasteiger partial charge is 0.416 e. The number of fused-ring (bicyclic) bond motifs is 1. The Balaban J connectivity index is 1.63. The second-order valence-corrected chi connectivity index (χ2v) is 5.76. The molecule has 25 heavy (non-hydrogen) atoms. The molecule has 0 saturated carbocycles. The van der Waals surface area contributed by atoms with Gasteiger partial charge in [0.25, 0.3) is 5.91 Å². The first kappa shape index (κ1) is 17.1. The van der Waals surface area contributed by atoms with Crippen molar-refractivity contribution in [2.45, 2.75) is 12.3 Å². The second-order valence-electron chi connectivity index (χ2n) is 5.76. The van der Waals surface area contributed by atoms with E-state index < -0.39 is 11.7 Å². The van der Waals surface area contributed by atoms with E-state index in [0.29, 0.717) is 18.1 Å². The number of para-hydroxylation sites is 2. The minimum Gasteiger partial charge on any atom is -0.486 e. The van der Waals surface area contributed by atoms with Crippen molar-refractivity contribution in [1.29, 1.82) is 0 Å². The lowest BCUT2D eigenvalue weighted by atomic mass is 10.1. The lowest BCUT2D eigenvalue weighted by molar-refractivity contribution is -0.137. The standard InChI is InChI=1S/C18H16F3NO3/c1-22(10-14-11-24-15-4-2-3-5-16(15)25-14)17(23)12-6-8-13(9-7-12)18(19,20)21/h2-9,14H,10-11H2,1H3. The average Bonchev–Trinajstić information content (AvgIpc) is 2.60. The molecule has 1 aliphatic rings. The topological polar surface area (TPSA) is 38.8 Å². The summed E-state index contributed by atoms with van der Waals surface area (Å²) in [5.74, 6) is 0.876. The van der Waals surface area contributed by atoms with Gasteiger partial charge in [0.2, 0.25) is 0 Å². The molecule has 0 radical (unpaired) electrons. The maximum Gasteiger partial charge on any atom is 0.416 e. The predicted molar refractivity (Wildman–Crippen MR) is 84.8 cm³/mol. The third-order valence-electron chi connectivity index (χ3n) is 3.85. The Bertz CT molecular complexity index is 759. The van der Waals surface area contributed by atoms with E-state index in [9.17, 15) is 18.0 Å². The Morgan fingerprint density at radius 3 is 2.40 bits per heavy atom. The fourth-order valence-corrected chi connectivity index (χ4v) is 2.56. The normalized spacial score (nSPS) is 16.4. The summed E-state index contributed by atoms with van der Waals surface area (Å²) in [6.07, 6.45) is -4.77. The number of carbonyl (C=O) groups excluding carboxylic acids is 1. The van der Waals surface area contributed by atoms with Gasteiger partial charge < -0.3 is 14.4 Å². The molecule has 0 N–H and O–H groups in total. The summed E-state index contributed by atoms with van der Waals surface area (Å²) in [5, 5.41) is 0. The minimum atomic E-state index is -4.42. The summed E-state index contributed by atoms with van der Waals surface area (Å²) in [6, 6.07) is 11.4. The Morgan fingerprint density at radius 2 is 1.76 bits per heavy atom. The SMILES string of the molecule is CN(CC1COc2ccccc2O1)C(=O)c1ccc(C(F)(F)F)cc1. The van der Waals surface area contributed by atoms with Gasteiger partial charge in [0, 0.05) is 12.6 Å². The first-order valence-corrected chi connectivity index (χ1v) is 7.66. The Hall–Kier alpha value is -2.70.